The number of nitrogen functional groups attached to an aromatic ring is 1. The van der Waals surface area contributed by atoms with Crippen molar-refractivity contribution in [3.63, 3.8) is 0 Å². The van der Waals surface area contributed by atoms with Crippen molar-refractivity contribution in [1.29, 1.82) is 0 Å². The summed E-state index contributed by atoms with van der Waals surface area (Å²) < 4.78 is 5.33. The number of aromatic amines is 1. The maximum Gasteiger partial charge on any atom is 0.276 e. The van der Waals surface area contributed by atoms with Crippen molar-refractivity contribution in [1.82, 2.24) is 15.1 Å². The van der Waals surface area contributed by atoms with Crippen molar-refractivity contribution >= 4 is 11.6 Å². The van der Waals surface area contributed by atoms with E-state index in [2.05, 4.69) is 10.2 Å². The van der Waals surface area contributed by atoms with Crippen LogP contribution >= 0.6 is 0 Å². The molecule has 1 saturated carbocycles. The number of nitrogens with one attached hydrogen (secondary N) is 1. The SMILES string of the molecule is CC1COCCN1C(=O)c1n[nH]c(C2CC2)c1N. The van der Waals surface area contributed by atoms with Crippen molar-refractivity contribution in [2.75, 3.05) is 25.5 Å². The molecule has 0 spiro atoms. The van der Waals surface area contributed by atoms with Crippen molar-refractivity contribution in [2.45, 2.75) is 31.7 Å². The third-order valence-electron chi connectivity index (χ3n) is 3.65. The summed E-state index contributed by atoms with van der Waals surface area (Å²) in [7, 11) is 0. The van der Waals surface area contributed by atoms with Crippen molar-refractivity contribution < 1.29 is 9.53 Å². The number of nitrogens with zero attached hydrogens (tertiary/aromatic N) is 2. The molecular weight excluding hydrogens is 232 g/mol. The Kier molecular flexibility index (Phi) is 2.74. The molecule has 2 heterocycles. The minimum absolute atomic E-state index is 0.0757. The number of carbonyl (C=O) groups excluding carboxylic acids is 1. The second-order valence-corrected chi connectivity index (χ2v) is 5.10. The molecule has 98 valence electrons. The lowest BCUT2D eigenvalue weighted by atomic mass is 10.2. The lowest BCUT2D eigenvalue weighted by Crippen LogP contribution is -2.47. The largest absolute Gasteiger partial charge is 0.395 e. The third kappa shape index (κ3) is 1.86. The zero-order valence-electron chi connectivity index (χ0n) is 10.5. The maximum atomic E-state index is 12.4. The molecule has 1 aliphatic heterocycles. The fraction of sp³-hybridized carbons (Fsp3) is 0.667. The summed E-state index contributed by atoms with van der Waals surface area (Å²) in [6, 6.07) is 0.0757. The molecule has 6 heteroatoms. The van der Waals surface area contributed by atoms with Crippen LogP contribution in [0.5, 0.6) is 0 Å². The normalized spacial score (nSPS) is 24.3. The molecule has 1 saturated heterocycles. The fourth-order valence-corrected chi connectivity index (χ4v) is 2.38. The summed E-state index contributed by atoms with van der Waals surface area (Å²) in [5, 5.41) is 7.02. The molecular formula is C12H18N4O2. The summed E-state index contributed by atoms with van der Waals surface area (Å²) in [5.41, 5.74) is 7.85. The number of morpholine rings is 1. The fourth-order valence-electron chi connectivity index (χ4n) is 2.38. The Morgan fingerprint density at radius 3 is 3.00 bits per heavy atom. The second-order valence-electron chi connectivity index (χ2n) is 5.10. The van der Waals surface area contributed by atoms with Gasteiger partial charge in [0.1, 0.15) is 0 Å². The number of hydrogen-bond donors (Lipinski definition) is 2. The number of hydrogen-bond acceptors (Lipinski definition) is 4. The standard InChI is InChI=1S/C12H18N4O2/c1-7-6-18-5-4-16(7)12(17)11-9(13)10(14-15-11)8-2-3-8/h7-8H,2-6,13H2,1H3,(H,14,15). The van der Waals surface area contributed by atoms with Crippen LogP contribution in [0.1, 0.15) is 41.9 Å². The predicted molar refractivity (Wildman–Crippen MR) is 66.3 cm³/mol. The summed E-state index contributed by atoms with van der Waals surface area (Å²) in [6.07, 6.45) is 2.27. The van der Waals surface area contributed by atoms with E-state index in [1.165, 1.54) is 0 Å². The van der Waals surface area contributed by atoms with E-state index in [-0.39, 0.29) is 11.9 Å². The van der Waals surface area contributed by atoms with Crippen molar-refractivity contribution in [2.24, 2.45) is 0 Å². The van der Waals surface area contributed by atoms with Crippen LogP contribution in [-0.2, 0) is 4.74 Å². The molecule has 1 aromatic heterocycles. The van der Waals surface area contributed by atoms with Gasteiger partial charge in [-0.2, -0.15) is 5.10 Å². The van der Waals surface area contributed by atoms with Gasteiger partial charge >= 0.3 is 0 Å². The van der Waals surface area contributed by atoms with Gasteiger partial charge < -0.3 is 15.4 Å². The van der Waals surface area contributed by atoms with E-state index < -0.39 is 0 Å². The predicted octanol–water partition coefficient (Wildman–Crippen LogP) is 0.730. The van der Waals surface area contributed by atoms with Crippen LogP contribution < -0.4 is 5.73 Å². The highest BCUT2D eigenvalue weighted by atomic mass is 16.5. The van der Waals surface area contributed by atoms with Gasteiger partial charge in [0, 0.05) is 12.5 Å². The molecule has 3 N–H and O–H groups in total. The van der Waals surface area contributed by atoms with Gasteiger partial charge in [0.15, 0.2) is 5.69 Å². The van der Waals surface area contributed by atoms with E-state index in [9.17, 15) is 4.79 Å². The van der Waals surface area contributed by atoms with Crippen LogP contribution in [-0.4, -0.2) is 46.8 Å². The zero-order chi connectivity index (χ0) is 12.7. The third-order valence-corrected chi connectivity index (χ3v) is 3.65. The first-order chi connectivity index (χ1) is 8.68. The minimum Gasteiger partial charge on any atom is -0.395 e. The van der Waals surface area contributed by atoms with Crippen LogP contribution in [0.25, 0.3) is 0 Å². The van der Waals surface area contributed by atoms with Gasteiger partial charge in [-0.1, -0.05) is 0 Å². The molecule has 0 bridgehead atoms. The van der Waals surface area contributed by atoms with E-state index in [0.717, 1.165) is 18.5 Å². The monoisotopic (exact) mass is 250 g/mol. The first-order valence-corrected chi connectivity index (χ1v) is 6.41. The topological polar surface area (TPSA) is 84.2 Å². The van der Waals surface area contributed by atoms with Gasteiger partial charge in [-0.3, -0.25) is 9.89 Å². The number of ether oxygens (including phenoxy) is 1. The average molecular weight is 250 g/mol. The number of amides is 1. The van der Waals surface area contributed by atoms with E-state index in [4.69, 9.17) is 10.5 Å². The number of anilines is 1. The highest BCUT2D eigenvalue weighted by molar-refractivity contribution is 5.98. The molecule has 18 heavy (non-hydrogen) atoms. The van der Waals surface area contributed by atoms with Crippen LogP contribution in [0.15, 0.2) is 0 Å². The Labute approximate surface area is 105 Å². The molecule has 0 radical (unpaired) electrons. The number of carbonyl (C=O) groups is 1. The Morgan fingerprint density at radius 1 is 1.56 bits per heavy atom. The highest BCUT2D eigenvalue weighted by Gasteiger charge is 2.33. The van der Waals surface area contributed by atoms with Gasteiger partial charge in [0.05, 0.1) is 30.6 Å². The van der Waals surface area contributed by atoms with E-state index >= 15 is 0 Å². The zero-order valence-corrected chi connectivity index (χ0v) is 10.5. The Hall–Kier alpha value is -1.56. The first-order valence-electron chi connectivity index (χ1n) is 6.41. The van der Waals surface area contributed by atoms with Crippen molar-refractivity contribution in [3.8, 4) is 0 Å². The minimum atomic E-state index is -0.0912. The summed E-state index contributed by atoms with van der Waals surface area (Å²) in [6.45, 7) is 3.73. The molecule has 1 amide bonds. The Balaban J connectivity index is 1.82. The summed E-state index contributed by atoms with van der Waals surface area (Å²) in [4.78, 5) is 14.2. The average Bonchev–Trinajstić information content (AvgIpc) is 3.13. The molecule has 1 aromatic rings. The molecule has 2 fully saturated rings. The van der Waals surface area contributed by atoms with Crippen molar-refractivity contribution in [3.05, 3.63) is 11.4 Å². The molecule has 3 rings (SSSR count). The van der Waals surface area contributed by atoms with E-state index in [1.54, 1.807) is 4.90 Å². The quantitative estimate of drug-likeness (QED) is 0.810. The van der Waals surface area contributed by atoms with Crippen LogP contribution in [0.2, 0.25) is 0 Å². The first kappa shape index (κ1) is 11.5. The van der Waals surface area contributed by atoms with Gasteiger partial charge in [0.25, 0.3) is 5.91 Å². The lowest BCUT2D eigenvalue weighted by molar-refractivity contribution is 0.00333. The smallest absolute Gasteiger partial charge is 0.276 e. The lowest BCUT2D eigenvalue weighted by Gasteiger charge is -2.32. The molecule has 0 aromatic carbocycles. The van der Waals surface area contributed by atoms with Crippen LogP contribution in [0.4, 0.5) is 5.69 Å². The van der Waals surface area contributed by atoms with E-state index in [0.29, 0.717) is 37.1 Å². The highest BCUT2D eigenvalue weighted by Crippen LogP contribution is 2.42. The van der Waals surface area contributed by atoms with E-state index in [1.807, 2.05) is 6.92 Å². The van der Waals surface area contributed by atoms with Gasteiger partial charge in [-0.15, -0.1) is 0 Å². The number of H-pyrrole nitrogens is 1. The van der Waals surface area contributed by atoms with Crippen LogP contribution in [0, 0.1) is 0 Å². The maximum absolute atomic E-state index is 12.4. The molecule has 1 aliphatic carbocycles. The molecule has 2 aliphatic rings. The Bertz CT molecular complexity index is 467. The van der Waals surface area contributed by atoms with Crippen LogP contribution in [0.3, 0.4) is 0 Å². The molecule has 1 atom stereocenters. The Morgan fingerprint density at radius 2 is 2.33 bits per heavy atom. The number of nitrogens with two attached hydrogens (primary N) is 1. The van der Waals surface area contributed by atoms with Gasteiger partial charge in [-0.05, 0) is 19.8 Å². The summed E-state index contributed by atoms with van der Waals surface area (Å²) >= 11 is 0. The number of rotatable bonds is 2. The van der Waals surface area contributed by atoms with Gasteiger partial charge in [0.2, 0.25) is 0 Å². The number of aromatic nitrogens is 2. The molecule has 6 nitrogen and oxygen atoms in total. The second kappa shape index (κ2) is 4.28. The summed E-state index contributed by atoms with van der Waals surface area (Å²) in [5.74, 6) is 0.382. The van der Waals surface area contributed by atoms with Gasteiger partial charge in [-0.25, -0.2) is 0 Å². The molecule has 1 unspecified atom stereocenters.